The van der Waals surface area contributed by atoms with Crippen molar-refractivity contribution in [1.29, 1.82) is 0 Å². The van der Waals surface area contributed by atoms with E-state index in [9.17, 15) is 0 Å². The molecule has 0 heterocycles. The predicted octanol–water partition coefficient (Wildman–Crippen LogP) is 5.54. The van der Waals surface area contributed by atoms with Crippen molar-refractivity contribution in [2.45, 2.75) is 18.8 Å². The fourth-order valence-corrected chi connectivity index (χ4v) is 2.59. The molecule has 0 aromatic heterocycles. The zero-order valence-electron chi connectivity index (χ0n) is 9.29. The maximum Gasteiger partial charge on any atom is 0.0499 e. The minimum absolute atomic E-state index is 0.674. The Hall–Kier alpha value is -0.980. The van der Waals surface area contributed by atoms with Crippen LogP contribution in [0, 0.1) is 0 Å². The highest BCUT2D eigenvalue weighted by atomic mass is 35.5. The highest BCUT2D eigenvalue weighted by molar-refractivity contribution is 6.36. The van der Waals surface area contributed by atoms with E-state index in [0.717, 1.165) is 17.0 Å². The van der Waals surface area contributed by atoms with E-state index in [-0.39, 0.29) is 0 Å². The zero-order chi connectivity index (χ0) is 11.8. The van der Waals surface area contributed by atoms with Crippen LogP contribution >= 0.6 is 23.2 Å². The molecule has 0 bridgehead atoms. The number of benzene rings is 2. The first-order valence-corrected chi connectivity index (χ1v) is 6.55. The van der Waals surface area contributed by atoms with Gasteiger partial charge in [-0.25, -0.2) is 0 Å². The molecular weight excluding hydrogens is 251 g/mol. The van der Waals surface area contributed by atoms with E-state index in [2.05, 4.69) is 24.3 Å². The van der Waals surface area contributed by atoms with E-state index in [1.807, 2.05) is 12.1 Å². The first-order chi connectivity index (χ1) is 8.24. The molecule has 2 heteroatoms. The summed E-state index contributed by atoms with van der Waals surface area (Å²) in [5.41, 5.74) is 3.63. The zero-order valence-corrected chi connectivity index (χ0v) is 10.8. The lowest BCUT2D eigenvalue weighted by molar-refractivity contribution is 1.13. The molecule has 0 unspecified atom stereocenters. The lowest BCUT2D eigenvalue weighted by Crippen LogP contribution is -1.82. The third kappa shape index (κ3) is 2.34. The summed E-state index contributed by atoms with van der Waals surface area (Å²) in [6.45, 7) is 0. The molecule has 3 rings (SSSR count). The lowest BCUT2D eigenvalue weighted by Gasteiger charge is -2.06. The molecule has 0 N–H and O–H groups in total. The third-order valence-corrected chi connectivity index (χ3v) is 3.75. The Kier molecular flexibility index (Phi) is 2.85. The van der Waals surface area contributed by atoms with Crippen LogP contribution in [-0.2, 0) is 0 Å². The predicted molar refractivity (Wildman–Crippen MR) is 73.9 cm³/mol. The molecule has 2 aromatic rings. The second kappa shape index (κ2) is 4.36. The Bertz CT molecular complexity index is 539. The van der Waals surface area contributed by atoms with Crippen molar-refractivity contribution < 1.29 is 0 Å². The Morgan fingerprint density at radius 3 is 2.18 bits per heavy atom. The van der Waals surface area contributed by atoms with Crippen LogP contribution in [0.15, 0.2) is 42.5 Å². The van der Waals surface area contributed by atoms with Crippen LogP contribution < -0.4 is 0 Å². The van der Waals surface area contributed by atoms with Gasteiger partial charge in [-0.1, -0.05) is 53.5 Å². The Morgan fingerprint density at radius 1 is 0.882 bits per heavy atom. The molecule has 0 nitrogen and oxygen atoms in total. The molecule has 0 aliphatic heterocycles. The smallest absolute Gasteiger partial charge is 0.0499 e. The van der Waals surface area contributed by atoms with Crippen LogP contribution in [0.4, 0.5) is 0 Å². The van der Waals surface area contributed by atoms with Crippen molar-refractivity contribution in [3.05, 3.63) is 58.1 Å². The van der Waals surface area contributed by atoms with Gasteiger partial charge in [0.1, 0.15) is 0 Å². The van der Waals surface area contributed by atoms with E-state index in [1.165, 1.54) is 18.4 Å². The maximum absolute atomic E-state index is 6.19. The Balaban J connectivity index is 1.97. The van der Waals surface area contributed by atoms with Gasteiger partial charge < -0.3 is 0 Å². The van der Waals surface area contributed by atoms with Gasteiger partial charge >= 0.3 is 0 Å². The second-order valence-corrected chi connectivity index (χ2v) is 5.36. The Morgan fingerprint density at radius 2 is 1.59 bits per heavy atom. The number of halogens is 2. The summed E-state index contributed by atoms with van der Waals surface area (Å²) in [4.78, 5) is 0. The number of hydrogen-bond donors (Lipinski definition) is 0. The molecule has 17 heavy (non-hydrogen) atoms. The molecule has 1 aliphatic rings. The van der Waals surface area contributed by atoms with E-state index < -0.39 is 0 Å². The molecule has 0 atom stereocenters. The summed E-state index contributed by atoms with van der Waals surface area (Å²) in [6.07, 6.45) is 2.67. The van der Waals surface area contributed by atoms with Crippen LogP contribution in [-0.4, -0.2) is 0 Å². The van der Waals surface area contributed by atoms with Gasteiger partial charge in [0.05, 0.1) is 0 Å². The second-order valence-electron chi connectivity index (χ2n) is 4.52. The standard InChI is InChI=1S/C15H12Cl2/c16-13-7-8-14(15(17)9-13)12-5-3-11(4-6-12)10-1-2-10/h3-10H,1-2H2. The largest absolute Gasteiger partial charge is 0.0843 e. The highest BCUT2D eigenvalue weighted by Crippen LogP contribution is 2.40. The normalized spacial score (nSPS) is 14.9. The topological polar surface area (TPSA) is 0 Å². The first kappa shape index (κ1) is 11.1. The van der Waals surface area contributed by atoms with Crippen molar-refractivity contribution in [2.75, 3.05) is 0 Å². The van der Waals surface area contributed by atoms with Crippen molar-refractivity contribution in [3.63, 3.8) is 0 Å². The van der Waals surface area contributed by atoms with Gasteiger partial charge in [0.25, 0.3) is 0 Å². The summed E-state index contributed by atoms with van der Waals surface area (Å²) in [5.74, 6) is 0.796. The van der Waals surface area contributed by atoms with Gasteiger partial charge in [-0.05, 0) is 42.0 Å². The molecule has 1 fully saturated rings. The number of rotatable bonds is 2. The first-order valence-electron chi connectivity index (χ1n) is 5.79. The molecule has 2 aromatic carbocycles. The summed E-state index contributed by atoms with van der Waals surface area (Å²) in [7, 11) is 0. The molecule has 0 spiro atoms. The molecule has 0 radical (unpaired) electrons. The fourth-order valence-electron chi connectivity index (χ4n) is 2.08. The monoisotopic (exact) mass is 262 g/mol. The van der Waals surface area contributed by atoms with Crippen molar-refractivity contribution >= 4 is 23.2 Å². The minimum atomic E-state index is 0.674. The van der Waals surface area contributed by atoms with Crippen molar-refractivity contribution in [2.24, 2.45) is 0 Å². The van der Waals surface area contributed by atoms with Crippen molar-refractivity contribution in [3.8, 4) is 11.1 Å². The van der Waals surface area contributed by atoms with Crippen LogP contribution in [0.5, 0.6) is 0 Å². The quantitative estimate of drug-likeness (QED) is 0.667. The summed E-state index contributed by atoms with van der Waals surface area (Å²) in [5, 5.41) is 1.38. The lowest BCUT2D eigenvalue weighted by atomic mass is 10.0. The summed E-state index contributed by atoms with van der Waals surface area (Å²) in [6, 6.07) is 14.3. The summed E-state index contributed by atoms with van der Waals surface area (Å²) >= 11 is 12.1. The molecule has 86 valence electrons. The average Bonchev–Trinajstić information content (AvgIpc) is 3.13. The SMILES string of the molecule is Clc1ccc(-c2ccc(C3CC3)cc2)c(Cl)c1. The molecule has 0 saturated heterocycles. The molecule has 1 saturated carbocycles. The van der Waals surface area contributed by atoms with Gasteiger partial charge in [0.2, 0.25) is 0 Å². The van der Waals surface area contributed by atoms with E-state index in [0.29, 0.717) is 10.0 Å². The number of hydrogen-bond acceptors (Lipinski definition) is 0. The van der Waals surface area contributed by atoms with E-state index in [4.69, 9.17) is 23.2 Å². The van der Waals surface area contributed by atoms with Crippen molar-refractivity contribution in [1.82, 2.24) is 0 Å². The van der Waals surface area contributed by atoms with Gasteiger partial charge in [-0.2, -0.15) is 0 Å². The van der Waals surface area contributed by atoms with Gasteiger partial charge in [0.15, 0.2) is 0 Å². The molecule has 0 amide bonds. The van der Waals surface area contributed by atoms with Crippen LogP contribution in [0.25, 0.3) is 11.1 Å². The highest BCUT2D eigenvalue weighted by Gasteiger charge is 2.23. The van der Waals surface area contributed by atoms with E-state index in [1.54, 1.807) is 6.07 Å². The van der Waals surface area contributed by atoms with E-state index >= 15 is 0 Å². The molecular formula is C15H12Cl2. The maximum atomic E-state index is 6.19. The average molecular weight is 263 g/mol. The fraction of sp³-hybridized carbons (Fsp3) is 0.200. The van der Waals surface area contributed by atoms with Crippen LogP contribution in [0.1, 0.15) is 24.3 Å². The van der Waals surface area contributed by atoms with Gasteiger partial charge in [-0.15, -0.1) is 0 Å². The third-order valence-electron chi connectivity index (χ3n) is 3.20. The summed E-state index contributed by atoms with van der Waals surface area (Å²) < 4.78 is 0. The Labute approximate surface area is 111 Å². The van der Waals surface area contributed by atoms with Gasteiger partial charge in [-0.3, -0.25) is 0 Å². The van der Waals surface area contributed by atoms with Gasteiger partial charge in [0, 0.05) is 15.6 Å². The molecule has 1 aliphatic carbocycles. The van der Waals surface area contributed by atoms with Crippen LogP contribution in [0.2, 0.25) is 10.0 Å². The minimum Gasteiger partial charge on any atom is -0.0843 e. The van der Waals surface area contributed by atoms with Crippen LogP contribution in [0.3, 0.4) is 0 Å².